The molecule has 3 rings (SSSR count). The number of benzene rings is 1. The number of nitriles is 1. The summed E-state index contributed by atoms with van der Waals surface area (Å²) in [7, 11) is 0. The molecule has 0 N–H and O–H groups in total. The molecule has 1 aliphatic heterocycles. The summed E-state index contributed by atoms with van der Waals surface area (Å²) in [6.45, 7) is 3.66. The van der Waals surface area contributed by atoms with Crippen molar-refractivity contribution in [2.24, 2.45) is 0 Å². The zero-order valence-electron chi connectivity index (χ0n) is 13.7. The highest BCUT2D eigenvalue weighted by Gasteiger charge is 2.25. The van der Waals surface area contributed by atoms with Gasteiger partial charge in [-0.25, -0.2) is 13.8 Å². The van der Waals surface area contributed by atoms with Crippen LogP contribution in [0.3, 0.4) is 0 Å². The van der Waals surface area contributed by atoms with Gasteiger partial charge in [0.05, 0.1) is 5.56 Å². The SMILES string of the molecule is Cc1ccc(N2CCN(C(=O)c3ccc(F)cc3F)CC2)nc1C#N. The van der Waals surface area contributed by atoms with Crippen LogP contribution in [0.2, 0.25) is 0 Å². The molecular weight excluding hydrogens is 326 g/mol. The van der Waals surface area contributed by atoms with Crippen molar-refractivity contribution in [3.05, 3.63) is 58.8 Å². The van der Waals surface area contributed by atoms with Gasteiger partial charge < -0.3 is 9.80 Å². The molecule has 0 unspecified atom stereocenters. The largest absolute Gasteiger partial charge is 0.353 e. The Morgan fingerprint density at radius 1 is 1.16 bits per heavy atom. The van der Waals surface area contributed by atoms with E-state index in [1.54, 1.807) is 0 Å². The summed E-state index contributed by atoms with van der Waals surface area (Å²) in [6.07, 6.45) is 0. The van der Waals surface area contributed by atoms with E-state index < -0.39 is 17.5 Å². The predicted molar refractivity (Wildman–Crippen MR) is 88.2 cm³/mol. The van der Waals surface area contributed by atoms with Crippen molar-refractivity contribution in [1.82, 2.24) is 9.88 Å². The molecule has 128 valence electrons. The second-order valence-electron chi connectivity index (χ2n) is 5.85. The maximum atomic E-state index is 13.8. The van der Waals surface area contributed by atoms with Crippen LogP contribution in [0.5, 0.6) is 0 Å². The third-order valence-corrected chi connectivity index (χ3v) is 4.24. The Bertz CT molecular complexity index is 855. The van der Waals surface area contributed by atoms with E-state index in [1.165, 1.54) is 11.0 Å². The highest BCUT2D eigenvalue weighted by atomic mass is 19.1. The van der Waals surface area contributed by atoms with Crippen LogP contribution in [0.15, 0.2) is 30.3 Å². The number of aromatic nitrogens is 1. The second kappa shape index (κ2) is 6.85. The first kappa shape index (κ1) is 16.8. The van der Waals surface area contributed by atoms with Gasteiger partial charge in [0.2, 0.25) is 0 Å². The van der Waals surface area contributed by atoms with Gasteiger partial charge in [0.1, 0.15) is 29.2 Å². The normalized spacial score (nSPS) is 14.3. The van der Waals surface area contributed by atoms with Crippen molar-refractivity contribution in [3.63, 3.8) is 0 Å². The van der Waals surface area contributed by atoms with Gasteiger partial charge in [-0.15, -0.1) is 0 Å². The lowest BCUT2D eigenvalue weighted by Crippen LogP contribution is -2.49. The molecule has 0 saturated carbocycles. The van der Waals surface area contributed by atoms with Gasteiger partial charge in [0.25, 0.3) is 5.91 Å². The molecule has 1 aromatic heterocycles. The van der Waals surface area contributed by atoms with Crippen molar-refractivity contribution in [1.29, 1.82) is 5.26 Å². The zero-order valence-corrected chi connectivity index (χ0v) is 13.7. The average Bonchev–Trinajstić information content (AvgIpc) is 2.62. The zero-order chi connectivity index (χ0) is 18.0. The lowest BCUT2D eigenvalue weighted by atomic mass is 10.1. The summed E-state index contributed by atoms with van der Waals surface area (Å²) in [6, 6.07) is 8.69. The number of carbonyl (C=O) groups excluding carboxylic acids is 1. The summed E-state index contributed by atoms with van der Waals surface area (Å²) < 4.78 is 26.8. The van der Waals surface area contributed by atoms with Gasteiger partial charge in [-0.05, 0) is 30.7 Å². The fourth-order valence-electron chi connectivity index (χ4n) is 2.78. The minimum Gasteiger partial charge on any atom is -0.353 e. The first-order valence-electron chi connectivity index (χ1n) is 7.86. The number of piperazine rings is 1. The van der Waals surface area contributed by atoms with E-state index in [1.807, 2.05) is 24.0 Å². The molecule has 1 aromatic carbocycles. The number of halogens is 2. The Morgan fingerprint density at radius 2 is 1.88 bits per heavy atom. The number of nitrogens with zero attached hydrogens (tertiary/aromatic N) is 4. The van der Waals surface area contributed by atoms with Gasteiger partial charge in [-0.1, -0.05) is 6.07 Å². The molecule has 1 aliphatic rings. The summed E-state index contributed by atoms with van der Waals surface area (Å²) in [5.41, 5.74) is 1.06. The van der Waals surface area contributed by atoms with Crippen LogP contribution >= 0.6 is 0 Å². The van der Waals surface area contributed by atoms with Crippen LogP contribution in [0.25, 0.3) is 0 Å². The van der Waals surface area contributed by atoms with Crippen LogP contribution in [0.1, 0.15) is 21.6 Å². The van der Waals surface area contributed by atoms with E-state index in [0.29, 0.717) is 43.8 Å². The third-order valence-electron chi connectivity index (χ3n) is 4.24. The van der Waals surface area contributed by atoms with Crippen LogP contribution in [0.4, 0.5) is 14.6 Å². The number of carbonyl (C=O) groups is 1. The van der Waals surface area contributed by atoms with Gasteiger partial charge >= 0.3 is 0 Å². The molecule has 5 nitrogen and oxygen atoms in total. The molecule has 7 heteroatoms. The number of amides is 1. The monoisotopic (exact) mass is 342 g/mol. The molecule has 0 spiro atoms. The van der Waals surface area contributed by atoms with Crippen molar-refractivity contribution in [2.45, 2.75) is 6.92 Å². The van der Waals surface area contributed by atoms with Gasteiger partial charge in [-0.2, -0.15) is 5.26 Å². The van der Waals surface area contributed by atoms with Gasteiger partial charge in [-0.3, -0.25) is 4.79 Å². The van der Waals surface area contributed by atoms with Crippen molar-refractivity contribution < 1.29 is 13.6 Å². The molecular formula is C18H16F2N4O. The van der Waals surface area contributed by atoms with Crippen LogP contribution in [0, 0.1) is 29.9 Å². The lowest BCUT2D eigenvalue weighted by Gasteiger charge is -2.35. The molecule has 25 heavy (non-hydrogen) atoms. The third kappa shape index (κ3) is 3.43. The van der Waals surface area contributed by atoms with Gasteiger partial charge in [0, 0.05) is 32.2 Å². The van der Waals surface area contributed by atoms with E-state index in [9.17, 15) is 13.6 Å². The number of hydrogen-bond acceptors (Lipinski definition) is 4. The predicted octanol–water partition coefficient (Wildman–Crippen LogP) is 2.50. The first-order valence-corrected chi connectivity index (χ1v) is 7.86. The smallest absolute Gasteiger partial charge is 0.256 e. The van der Waals surface area contributed by atoms with Gasteiger partial charge in [0.15, 0.2) is 0 Å². The van der Waals surface area contributed by atoms with Crippen molar-refractivity contribution in [3.8, 4) is 6.07 Å². The Balaban J connectivity index is 1.69. The van der Waals surface area contributed by atoms with E-state index >= 15 is 0 Å². The molecule has 2 aromatic rings. The Kier molecular flexibility index (Phi) is 4.61. The number of hydrogen-bond donors (Lipinski definition) is 0. The molecule has 1 saturated heterocycles. The fraction of sp³-hybridized carbons (Fsp3) is 0.278. The van der Waals surface area contributed by atoms with E-state index in [2.05, 4.69) is 11.1 Å². The van der Waals surface area contributed by atoms with Crippen LogP contribution in [-0.2, 0) is 0 Å². The van der Waals surface area contributed by atoms with E-state index in [-0.39, 0.29) is 5.56 Å². The number of aryl methyl sites for hydroxylation is 1. The fourth-order valence-corrected chi connectivity index (χ4v) is 2.78. The molecule has 2 heterocycles. The molecule has 0 atom stereocenters. The molecule has 1 amide bonds. The van der Waals surface area contributed by atoms with Crippen molar-refractivity contribution in [2.75, 3.05) is 31.1 Å². The summed E-state index contributed by atoms with van der Waals surface area (Å²) in [5, 5.41) is 9.08. The highest BCUT2D eigenvalue weighted by Crippen LogP contribution is 2.18. The maximum Gasteiger partial charge on any atom is 0.256 e. The number of pyridine rings is 1. The minimum absolute atomic E-state index is 0.130. The summed E-state index contributed by atoms with van der Waals surface area (Å²) in [4.78, 5) is 20.2. The Labute approximate surface area is 144 Å². The number of rotatable bonds is 2. The topological polar surface area (TPSA) is 60.2 Å². The first-order chi connectivity index (χ1) is 12.0. The number of anilines is 1. The standard InChI is InChI=1S/C18H16F2N4O/c1-12-2-5-17(22-16(12)11-21)23-6-8-24(9-7-23)18(25)14-4-3-13(19)10-15(14)20/h2-5,10H,6-9H2,1H3. The van der Waals surface area contributed by atoms with Crippen LogP contribution < -0.4 is 4.90 Å². The second-order valence-corrected chi connectivity index (χ2v) is 5.85. The minimum atomic E-state index is -0.855. The molecule has 0 radical (unpaired) electrons. The van der Waals surface area contributed by atoms with E-state index in [0.717, 1.165) is 11.6 Å². The Hall–Kier alpha value is -3.01. The maximum absolute atomic E-state index is 13.8. The summed E-state index contributed by atoms with van der Waals surface area (Å²) >= 11 is 0. The molecule has 0 aliphatic carbocycles. The van der Waals surface area contributed by atoms with Crippen LogP contribution in [-0.4, -0.2) is 42.0 Å². The summed E-state index contributed by atoms with van der Waals surface area (Å²) in [5.74, 6) is -1.34. The Morgan fingerprint density at radius 3 is 2.52 bits per heavy atom. The molecule has 1 fully saturated rings. The highest BCUT2D eigenvalue weighted by molar-refractivity contribution is 5.94. The lowest BCUT2D eigenvalue weighted by molar-refractivity contribution is 0.0741. The van der Waals surface area contributed by atoms with Crippen molar-refractivity contribution >= 4 is 11.7 Å². The average molecular weight is 342 g/mol. The molecule has 0 bridgehead atoms. The quantitative estimate of drug-likeness (QED) is 0.841. The van der Waals surface area contributed by atoms with E-state index in [4.69, 9.17) is 5.26 Å².